The molecule has 1 aromatic rings. The van der Waals surface area contributed by atoms with E-state index in [1.807, 2.05) is 0 Å². The van der Waals surface area contributed by atoms with E-state index in [4.69, 9.17) is 0 Å². The second-order valence-corrected chi connectivity index (χ2v) is 9.98. The maximum Gasteiger partial charge on any atom is 0.243 e. The van der Waals surface area contributed by atoms with E-state index in [1.54, 1.807) is 30.3 Å². The van der Waals surface area contributed by atoms with Gasteiger partial charge in [0, 0.05) is 45.7 Å². The first-order valence-corrected chi connectivity index (χ1v) is 11.5. The number of carbonyl (C=O) groups excluding carboxylic acids is 1. The summed E-state index contributed by atoms with van der Waals surface area (Å²) in [5.41, 5.74) is -0.873. The number of benzene rings is 1. The fourth-order valence-electron chi connectivity index (χ4n) is 4.23. The van der Waals surface area contributed by atoms with Gasteiger partial charge in [0.15, 0.2) is 0 Å². The highest BCUT2D eigenvalue weighted by molar-refractivity contribution is 7.89. The van der Waals surface area contributed by atoms with Gasteiger partial charge in [-0.15, -0.1) is 0 Å². The van der Waals surface area contributed by atoms with Gasteiger partial charge in [-0.2, -0.15) is 4.31 Å². The van der Waals surface area contributed by atoms with Gasteiger partial charge in [0.2, 0.25) is 15.9 Å². The van der Waals surface area contributed by atoms with Crippen molar-refractivity contribution >= 4 is 15.9 Å². The van der Waals surface area contributed by atoms with Crippen LogP contribution in [0.2, 0.25) is 0 Å². The number of carbonyl (C=O) groups is 1. The van der Waals surface area contributed by atoms with Crippen LogP contribution in [-0.4, -0.2) is 73.0 Å². The summed E-state index contributed by atoms with van der Waals surface area (Å²) in [7, 11) is -3.52. The Hall–Kier alpha value is -1.48. The highest BCUT2D eigenvalue weighted by Crippen LogP contribution is 2.28. The van der Waals surface area contributed by atoms with Gasteiger partial charge in [-0.25, -0.2) is 8.42 Å². The molecule has 156 valence electrons. The first-order chi connectivity index (χ1) is 13.3. The van der Waals surface area contributed by atoms with E-state index in [2.05, 4.69) is 10.2 Å². The molecular formula is C20H31N3O4S. The Kier molecular flexibility index (Phi) is 6.75. The molecule has 0 aromatic heterocycles. The lowest BCUT2D eigenvalue weighted by Gasteiger charge is -2.38. The number of hydrogen-bond donors (Lipinski definition) is 2. The molecule has 8 heteroatoms. The summed E-state index contributed by atoms with van der Waals surface area (Å²) in [6.07, 6.45) is 3.43. The first kappa shape index (κ1) is 21.2. The Balaban J connectivity index is 1.56. The highest BCUT2D eigenvalue weighted by atomic mass is 32.2. The Morgan fingerprint density at radius 1 is 1.14 bits per heavy atom. The maximum atomic E-state index is 12.9. The number of nitrogens with zero attached hydrogens (tertiary/aromatic N) is 2. The van der Waals surface area contributed by atoms with E-state index in [1.165, 1.54) is 11.2 Å². The van der Waals surface area contributed by atoms with E-state index in [0.29, 0.717) is 43.8 Å². The summed E-state index contributed by atoms with van der Waals surface area (Å²) in [6, 6.07) is 8.70. The number of amides is 1. The molecule has 2 aliphatic rings. The van der Waals surface area contributed by atoms with Crippen molar-refractivity contribution in [1.82, 2.24) is 14.5 Å². The molecular weight excluding hydrogens is 378 g/mol. The maximum absolute atomic E-state index is 12.9. The third kappa shape index (κ3) is 5.31. The molecule has 7 nitrogen and oxygen atoms in total. The number of aliphatic hydroxyl groups is 1. The number of nitrogens with one attached hydrogen (secondary N) is 1. The van der Waals surface area contributed by atoms with Crippen molar-refractivity contribution in [3.8, 4) is 0 Å². The van der Waals surface area contributed by atoms with Crippen molar-refractivity contribution < 1.29 is 18.3 Å². The summed E-state index contributed by atoms with van der Waals surface area (Å²) in [5.74, 6) is 0.000522. The first-order valence-electron chi connectivity index (χ1n) is 10.1. The van der Waals surface area contributed by atoms with Gasteiger partial charge in [0.25, 0.3) is 0 Å². The number of sulfonamides is 1. The Bertz CT molecular complexity index is 763. The molecule has 1 aromatic carbocycles. The second-order valence-electron chi connectivity index (χ2n) is 8.05. The number of piperidine rings is 1. The summed E-state index contributed by atoms with van der Waals surface area (Å²) < 4.78 is 27.2. The number of hydrogen-bond acceptors (Lipinski definition) is 5. The van der Waals surface area contributed by atoms with Gasteiger partial charge in [0.1, 0.15) is 0 Å². The van der Waals surface area contributed by atoms with Crippen molar-refractivity contribution in [2.24, 2.45) is 0 Å². The SMILES string of the molecule is CC(=O)NC1CCN(C[C@]2(O)CCCN(S(=O)(=O)c3ccccc3)CC2)CC1. The smallest absolute Gasteiger partial charge is 0.243 e. The quantitative estimate of drug-likeness (QED) is 0.763. The average molecular weight is 410 g/mol. The van der Waals surface area contributed by atoms with Gasteiger partial charge in [0.05, 0.1) is 10.5 Å². The molecule has 1 amide bonds. The molecule has 3 rings (SSSR count). The summed E-state index contributed by atoms with van der Waals surface area (Å²) >= 11 is 0. The number of β-amino-alcohol motifs (C(OH)–C–C–N with tert-alkyl or cyclic N) is 1. The van der Waals surface area contributed by atoms with E-state index < -0.39 is 15.6 Å². The Morgan fingerprint density at radius 3 is 2.46 bits per heavy atom. The average Bonchev–Trinajstić information content (AvgIpc) is 2.86. The molecule has 0 aliphatic carbocycles. The van der Waals surface area contributed by atoms with E-state index in [0.717, 1.165) is 25.9 Å². The fraction of sp³-hybridized carbons (Fsp3) is 0.650. The lowest BCUT2D eigenvalue weighted by atomic mass is 9.93. The van der Waals surface area contributed by atoms with Crippen LogP contribution in [-0.2, 0) is 14.8 Å². The van der Waals surface area contributed by atoms with Crippen LogP contribution in [0.5, 0.6) is 0 Å². The molecule has 28 heavy (non-hydrogen) atoms. The fourth-order valence-corrected chi connectivity index (χ4v) is 5.73. The van der Waals surface area contributed by atoms with Crippen molar-refractivity contribution in [3.63, 3.8) is 0 Å². The largest absolute Gasteiger partial charge is 0.389 e. The highest BCUT2D eigenvalue weighted by Gasteiger charge is 2.36. The summed E-state index contributed by atoms with van der Waals surface area (Å²) in [4.78, 5) is 13.7. The van der Waals surface area contributed by atoms with Crippen LogP contribution in [0.25, 0.3) is 0 Å². The molecule has 0 saturated carbocycles. The van der Waals surface area contributed by atoms with Crippen LogP contribution in [0.1, 0.15) is 39.0 Å². The minimum Gasteiger partial charge on any atom is -0.389 e. The number of rotatable bonds is 5. The zero-order valence-electron chi connectivity index (χ0n) is 16.5. The van der Waals surface area contributed by atoms with Gasteiger partial charge in [-0.05, 0) is 44.2 Å². The van der Waals surface area contributed by atoms with E-state index >= 15 is 0 Å². The van der Waals surface area contributed by atoms with Crippen LogP contribution in [0, 0.1) is 0 Å². The topological polar surface area (TPSA) is 90.0 Å². The molecule has 1 atom stereocenters. The van der Waals surface area contributed by atoms with Gasteiger partial charge >= 0.3 is 0 Å². The Labute approximate surface area is 167 Å². The van der Waals surface area contributed by atoms with Crippen molar-refractivity contribution in [2.45, 2.75) is 55.6 Å². The second kappa shape index (κ2) is 8.90. The third-order valence-corrected chi connectivity index (χ3v) is 7.68. The molecule has 2 N–H and O–H groups in total. The standard InChI is InChI=1S/C20H31N3O4S/c1-17(24)21-18-8-13-22(14-9-18)16-20(25)10-5-12-23(15-11-20)28(26,27)19-6-3-2-4-7-19/h2-4,6-7,18,25H,5,8-16H2,1H3,(H,21,24)/t20-/m0/s1. The van der Waals surface area contributed by atoms with Crippen LogP contribution in [0.3, 0.4) is 0 Å². The Morgan fingerprint density at radius 2 is 1.82 bits per heavy atom. The van der Waals surface area contributed by atoms with E-state index in [9.17, 15) is 18.3 Å². The lowest BCUT2D eigenvalue weighted by molar-refractivity contribution is -0.120. The molecule has 0 unspecified atom stereocenters. The third-order valence-electron chi connectivity index (χ3n) is 5.77. The van der Waals surface area contributed by atoms with Gasteiger partial charge < -0.3 is 15.3 Å². The van der Waals surface area contributed by atoms with Gasteiger partial charge in [-0.1, -0.05) is 18.2 Å². The predicted molar refractivity (Wildman–Crippen MR) is 107 cm³/mol. The molecule has 2 aliphatic heterocycles. The van der Waals surface area contributed by atoms with Crippen molar-refractivity contribution in [3.05, 3.63) is 30.3 Å². The molecule has 2 saturated heterocycles. The van der Waals surface area contributed by atoms with Crippen LogP contribution in [0.4, 0.5) is 0 Å². The normalized spacial score (nSPS) is 25.9. The molecule has 0 bridgehead atoms. The van der Waals surface area contributed by atoms with Crippen LogP contribution in [0.15, 0.2) is 35.2 Å². The van der Waals surface area contributed by atoms with E-state index in [-0.39, 0.29) is 11.9 Å². The molecule has 2 fully saturated rings. The summed E-state index contributed by atoms with van der Waals surface area (Å²) in [5, 5.41) is 14.1. The van der Waals surface area contributed by atoms with Crippen LogP contribution >= 0.6 is 0 Å². The van der Waals surface area contributed by atoms with Crippen molar-refractivity contribution in [1.29, 1.82) is 0 Å². The van der Waals surface area contributed by atoms with Gasteiger partial charge in [-0.3, -0.25) is 4.79 Å². The monoisotopic (exact) mass is 409 g/mol. The minimum atomic E-state index is -3.52. The minimum absolute atomic E-state index is 0.000522. The van der Waals surface area contributed by atoms with Crippen molar-refractivity contribution in [2.75, 3.05) is 32.7 Å². The zero-order chi connectivity index (χ0) is 20.2. The molecule has 0 radical (unpaired) electrons. The summed E-state index contributed by atoms with van der Waals surface area (Å²) in [6.45, 7) is 4.52. The molecule has 0 spiro atoms. The number of likely N-dealkylation sites (tertiary alicyclic amines) is 1. The van der Waals surface area contributed by atoms with Crippen LogP contribution < -0.4 is 5.32 Å². The zero-order valence-corrected chi connectivity index (χ0v) is 17.3. The predicted octanol–water partition coefficient (Wildman–Crippen LogP) is 1.19. The molecule has 2 heterocycles. The lowest BCUT2D eigenvalue weighted by Crippen LogP contribution is -2.50.